The van der Waals surface area contributed by atoms with Crippen LogP contribution in [0.25, 0.3) is 10.9 Å². The molecule has 1 unspecified atom stereocenters. The van der Waals surface area contributed by atoms with Crippen LogP contribution in [0.3, 0.4) is 0 Å². The quantitative estimate of drug-likeness (QED) is 0.179. The molecule has 1 fully saturated rings. The Morgan fingerprint density at radius 1 is 1.09 bits per heavy atom. The Balaban J connectivity index is 1.35. The smallest absolute Gasteiger partial charge is 0.422 e. The molecule has 1 aliphatic rings. The minimum absolute atomic E-state index is 0.0864. The molecule has 0 spiro atoms. The van der Waals surface area contributed by atoms with E-state index in [2.05, 4.69) is 0 Å². The van der Waals surface area contributed by atoms with E-state index in [0.29, 0.717) is 46.0 Å². The van der Waals surface area contributed by atoms with Crippen LogP contribution in [-0.2, 0) is 28.1 Å². The first-order valence-corrected chi connectivity index (χ1v) is 15.6. The first kappa shape index (κ1) is 34.1. The molecule has 1 aromatic heterocycles. The number of halogens is 4. The molecule has 5 rings (SSSR count). The van der Waals surface area contributed by atoms with Gasteiger partial charge in [0.1, 0.15) is 6.10 Å². The van der Waals surface area contributed by atoms with E-state index < -0.39 is 18.3 Å². The third-order valence-electron chi connectivity index (χ3n) is 8.39. The summed E-state index contributed by atoms with van der Waals surface area (Å²) in [6.45, 7) is 1.99. The third-order valence-corrected chi connectivity index (χ3v) is 8.76. The molecule has 0 amide bonds. The van der Waals surface area contributed by atoms with Gasteiger partial charge in [0.2, 0.25) is 5.60 Å². The lowest BCUT2D eigenvalue weighted by atomic mass is 9.90. The van der Waals surface area contributed by atoms with Crippen LogP contribution in [0, 0.1) is 11.3 Å². The molecular weight excluding hydrogens is 635 g/mol. The van der Waals surface area contributed by atoms with Crippen molar-refractivity contribution in [3.63, 3.8) is 0 Å². The first-order valence-electron chi connectivity index (χ1n) is 15.2. The van der Waals surface area contributed by atoms with Gasteiger partial charge in [0.15, 0.2) is 11.5 Å². The number of piperidine rings is 1. The largest absolute Gasteiger partial charge is 0.493 e. The highest BCUT2D eigenvalue weighted by atomic mass is 35.5. The lowest BCUT2D eigenvalue weighted by Crippen LogP contribution is -2.53. The van der Waals surface area contributed by atoms with Gasteiger partial charge in [0.05, 0.1) is 37.3 Å². The van der Waals surface area contributed by atoms with E-state index in [1.165, 1.54) is 31.5 Å². The molecule has 248 valence electrons. The first-order chi connectivity index (χ1) is 22.4. The number of carbonyl (C=O) groups is 1. The van der Waals surface area contributed by atoms with E-state index in [1.807, 2.05) is 6.07 Å². The molecule has 2 heterocycles. The predicted molar refractivity (Wildman–Crippen MR) is 171 cm³/mol. The van der Waals surface area contributed by atoms with Crippen molar-refractivity contribution in [3.05, 3.63) is 94.1 Å². The van der Waals surface area contributed by atoms with Gasteiger partial charge in [-0.2, -0.15) is 18.4 Å². The van der Waals surface area contributed by atoms with Gasteiger partial charge in [-0.05, 0) is 61.2 Å². The van der Waals surface area contributed by atoms with Crippen LogP contribution in [-0.4, -0.2) is 66.2 Å². The summed E-state index contributed by atoms with van der Waals surface area (Å²) in [6.07, 6.45) is -3.06. The van der Waals surface area contributed by atoms with Crippen molar-refractivity contribution in [1.82, 2.24) is 9.47 Å². The number of esters is 1. The Morgan fingerprint density at radius 3 is 2.49 bits per heavy atom. The number of likely N-dealkylation sites (tertiary alicyclic amines) is 1. The number of aliphatic hydroxyl groups is 1. The number of aromatic nitrogens is 1. The second kappa shape index (κ2) is 14.3. The Kier molecular flexibility index (Phi) is 10.3. The van der Waals surface area contributed by atoms with Gasteiger partial charge in [-0.25, -0.2) is 0 Å². The fourth-order valence-corrected chi connectivity index (χ4v) is 6.14. The van der Waals surface area contributed by atoms with E-state index in [4.69, 9.17) is 25.8 Å². The second-order valence-electron chi connectivity index (χ2n) is 11.5. The normalized spacial score (nSPS) is 15.6. The van der Waals surface area contributed by atoms with Crippen LogP contribution >= 0.6 is 11.6 Å². The molecular formula is C35H35ClF3N3O5. The summed E-state index contributed by atoms with van der Waals surface area (Å²) in [5, 5.41) is 21.7. The Bertz CT molecular complexity index is 1780. The number of alkyl halides is 3. The van der Waals surface area contributed by atoms with Crippen LogP contribution < -0.4 is 9.47 Å². The van der Waals surface area contributed by atoms with E-state index in [0.717, 1.165) is 0 Å². The molecule has 8 nitrogen and oxygen atoms in total. The van der Waals surface area contributed by atoms with Crippen molar-refractivity contribution in [1.29, 1.82) is 5.26 Å². The van der Waals surface area contributed by atoms with E-state index in [9.17, 15) is 28.3 Å². The second-order valence-corrected chi connectivity index (χ2v) is 11.9. The maximum Gasteiger partial charge on any atom is 0.422 e. The predicted octanol–water partition coefficient (Wildman–Crippen LogP) is 6.62. The summed E-state index contributed by atoms with van der Waals surface area (Å²) in [6, 6.07) is 18.6. The van der Waals surface area contributed by atoms with Crippen LogP contribution in [0.2, 0.25) is 5.02 Å². The maximum atomic E-state index is 14.9. The standard InChI is InChI=1S/C35H35ClF3N3O5/c1-3-46-33(43)18-23-9-11-31(32(17-23)45-2)47-26-12-14-41(15-13-26)22-34(44,35(37,38)39)28-21-42(20-25-6-4-5-7-29(25)36)30-16-24(19-40)8-10-27(28)30/h4-11,16-17,21,26,44H,3,12-15,18,20,22H2,1-2H3. The molecule has 47 heavy (non-hydrogen) atoms. The summed E-state index contributed by atoms with van der Waals surface area (Å²) in [7, 11) is 1.49. The Hall–Kier alpha value is -4.24. The number of carbonyl (C=O) groups excluding carboxylic acids is 1. The Labute approximate surface area is 275 Å². The van der Waals surface area contributed by atoms with Crippen LogP contribution in [0.4, 0.5) is 13.2 Å². The number of rotatable bonds is 11. The number of nitrogens with zero attached hydrogens (tertiary/aromatic N) is 3. The van der Waals surface area contributed by atoms with Crippen molar-refractivity contribution < 1.29 is 37.3 Å². The van der Waals surface area contributed by atoms with E-state index in [1.54, 1.807) is 58.9 Å². The highest BCUT2D eigenvalue weighted by molar-refractivity contribution is 6.31. The maximum absolute atomic E-state index is 14.9. The number of hydrogen-bond acceptors (Lipinski definition) is 7. The highest BCUT2D eigenvalue weighted by Crippen LogP contribution is 2.44. The van der Waals surface area contributed by atoms with Crippen molar-refractivity contribution in [2.45, 2.75) is 50.6 Å². The van der Waals surface area contributed by atoms with Gasteiger partial charge in [0, 0.05) is 48.3 Å². The summed E-state index contributed by atoms with van der Waals surface area (Å²) < 4.78 is 62.9. The van der Waals surface area contributed by atoms with Gasteiger partial charge < -0.3 is 23.9 Å². The monoisotopic (exact) mass is 669 g/mol. The molecule has 1 aliphatic heterocycles. The van der Waals surface area contributed by atoms with Gasteiger partial charge in [-0.3, -0.25) is 9.69 Å². The zero-order valence-electron chi connectivity index (χ0n) is 26.0. The molecule has 0 radical (unpaired) electrons. The third kappa shape index (κ3) is 7.51. The van der Waals surface area contributed by atoms with Gasteiger partial charge in [-0.1, -0.05) is 41.9 Å². The summed E-state index contributed by atoms with van der Waals surface area (Å²) in [5.41, 5.74) is -1.44. The lowest BCUT2D eigenvalue weighted by Gasteiger charge is -2.39. The number of β-amino-alcohol motifs (C(OH)–C–C–N with tert-alkyl or cyclic N) is 1. The van der Waals surface area contributed by atoms with Crippen LogP contribution in [0.15, 0.2) is 66.9 Å². The number of fused-ring (bicyclic) bond motifs is 1. The average Bonchev–Trinajstić information content (AvgIpc) is 3.41. The summed E-state index contributed by atoms with van der Waals surface area (Å²) in [5.74, 6) is 0.549. The zero-order chi connectivity index (χ0) is 33.8. The van der Waals surface area contributed by atoms with Gasteiger partial charge in [-0.15, -0.1) is 0 Å². The lowest BCUT2D eigenvalue weighted by molar-refractivity contribution is -0.272. The Morgan fingerprint density at radius 2 is 1.83 bits per heavy atom. The number of nitriles is 1. The minimum atomic E-state index is -5.00. The highest BCUT2D eigenvalue weighted by Gasteiger charge is 2.57. The van der Waals surface area contributed by atoms with Gasteiger partial charge >= 0.3 is 12.1 Å². The molecule has 1 atom stereocenters. The number of methoxy groups -OCH3 is 1. The van der Waals surface area contributed by atoms with Gasteiger partial charge in [0.25, 0.3) is 0 Å². The number of ether oxygens (including phenoxy) is 3. The van der Waals surface area contributed by atoms with Crippen LogP contribution in [0.5, 0.6) is 11.5 Å². The zero-order valence-corrected chi connectivity index (χ0v) is 26.8. The SMILES string of the molecule is CCOC(=O)Cc1ccc(OC2CCN(CC(O)(c3cn(Cc4ccccc4Cl)c4cc(C#N)ccc34)C(F)(F)F)CC2)c(OC)c1. The molecule has 4 aromatic rings. The van der Waals surface area contributed by atoms with E-state index in [-0.39, 0.29) is 61.2 Å². The van der Waals surface area contributed by atoms with Crippen molar-refractivity contribution in [3.8, 4) is 17.6 Å². The van der Waals surface area contributed by atoms with Crippen molar-refractivity contribution in [2.75, 3.05) is 33.4 Å². The van der Waals surface area contributed by atoms with Crippen molar-refractivity contribution in [2.24, 2.45) is 0 Å². The molecule has 0 saturated carbocycles. The van der Waals surface area contributed by atoms with Crippen molar-refractivity contribution >= 4 is 28.5 Å². The summed E-state index contributed by atoms with van der Waals surface area (Å²) >= 11 is 6.36. The summed E-state index contributed by atoms with van der Waals surface area (Å²) in [4.78, 5) is 13.5. The molecule has 1 N–H and O–H groups in total. The fraction of sp³-hybridized carbons (Fsp3) is 0.371. The molecule has 12 heteroatoms. The molecule has 0 bridgehead atoms. The fourth-order valence-electron chi connectivity index (χ4n) is 5.95. The molecule has 3 aromatic carbocycles. The van der Waals surface area contributed by atoms with E-state index >= 15 is 0 Å². The van der Waals surface area contributed by atoms with Crippen LogP contribution in [0.1, 0.15) is 42.0 Å². The topological polar surface area (TPSA) is 97.0 Å². The molecule has 1 saturated heterocycles. The minimum Gasteiger partial charge on any atom is -0.493 e. The average molecular weight is 670 g/mol. The molecule has 0 aliphatic carbocycles. The number of hydrogen-bond donors (Lipinski definition) is 1. The number of benzene rings is 3.